The van der Waals surface area contributed by atoms with E-state index in [2.05, 4.69) is 10.6 Å². The Morgan fingerprint density at radius 2 is 2.05 bits per heavy atom. The monoisotopic (exact) mass is 346 g/mol. The van der Waals surface area contributed by atoms with Gasteiger partial charge in [-0.05, 0) is 44.3 Å². The molecule has 1 saturated heterocycles. The largest absolute Gasteiger partial charge is 0.387 e. The highest BCUT2D eigenvalue weighted by atomic mass is 35.5. The van der Waals surface area contributed by atoms with E-state index in [0.29, 0.717) is 22.9 Å². The predicted molar refractivity (Wildman–Crippen MR) is 91.5 cm³/mol. The summed E-state index contributed by atoms with van der Waals surface area (Å²) < 4.78 is 0. The minimum absolute atomic E-state index is 0. The zero-order chi connectivity index (χ0) is 15.1. The van der Waals surface area contributed by atoms with Crippen LogP contribution in [0.15, 0.2) is 24.3 Å². The second-order valence-electron chi connectivity index (χ2n) is 5.57. The van der Waals surface area contributed by atoms with Crippen molar-refractivity contribution in [2.24, 2.45) is 5.92 Å². The molecule has 0 aromatic heterocycles. The van der Waals surface area contributed by atoms with Crippen LogP contribution < -0.4 is 10.6 Å². The fraction of sp³-hybridized carbons (Fsp3) is 0.562. The molecule has 1 aliphatic rings. The minimum Gasteiger partial charge on any atom is -0.387 e. The van der Waals surface area contributed by atoms with Gasteiger partial charge in [0.25, 0.3) is 0 Å². The van der Waals surface area contributed by atoms with Gasteiger partial charge in [0.15, 0.2) is 0 Å². The quantitative estimate of drug-likeness (QED) is 0.742. The lowest BCUT2D eigenvalue weighted by Crippen LogP contribution is -2.31. The van der Waals surface area contributed by atoms with Crippen molar-refractivity contribution in [1.29, 1.82) is 0 Å². The van der Waals surface area contributed by atoms with Gasteiger partial charge in [0.2, 0.25) is 5.91 Å². The molecule has 3 N–H and O–H groups in total. The van der Waals surface area contributed by atoms with Gasteiger partial charge in [-0.1, -0.05) is 29.8 Å². The number of hydrogen-bond acceptors (Lipinski definition) is 3. The Bertz CT molecular complexity index is 465. The molecule has 1 aliphatic heterocycles. The summed E-state index contributed by atoms with van der Waals surface area (Å²) in [4.78, 5) is 11.8. The molecule has 22 heavy (non-hydrogen) atoms. The van der Waals surface area contributed by atoms with Gasteiger partial charge < -0.3 is 15.7 Å². The molecule has 1 atom stereocenters. The van der Waals surface area contributed by atoms with Crippen LogP contribution in [0.4, 0.5) is 0 Å². The summed E-state index contributed by atoms with van der Waals surface area (Å²) in [5.41, 5.74) is 0.651. The molecule has 0 radical (unpaired) electrons. The summed E-state index contributed by atoms with van der Waals surface area (Å²) >= 11 is 6.02. The van der Waals surface area contributed by atoms with Gasteiger partial charge in [0.1, 0.15) is 0 Å². The lowest BCUT2D eigenvalue weighted by molar-refractivity contribution is -0.121. The van der Waals surface area contributed by atoms with Crippen molar-refractivity contribution in [3.05, 3.63) is 34.9 Å². The van der Waals surface area contributed by atoms with E-state index in [4.69, 9.17) is 11.6 Å². The van der Waals surface area contributed by atoms with E-state index in [1.807, 2.05) is 12.1 Å². The van der Waals surface area contributed by atoms with Crippen molar-refractivity contribution in [3.63, 3.8) is 0 Å². The van der Waals surface area contributed by atoms with Crippen LogP contribution in [0.25, 0.3) is 0 Å². The maximum absolute atomic E-state index is 11.8. The van der Waals surface area contributed by atoms with E-state index >= 15 is 0 Å². The highest BCUT2D eigenvalue weighted by Crippen LogP contribution is 2.22. The van der Waals surface area contributed by atoms with Crippen molar-refractivity contribution < 1.29 is 9.90 Å². The summed E-state index contributed by atoms with van der Waals surface area (Å²) in [5, 5.41) is 16.7. The number of halogens is 2. The fourth-order valence-corrected chi connectivity index (χ4v) is 2.92. The van der Waals surface area contributed by atoms with E-state index in [-0.39, 0.29) is 24.9 Å². The summed E-state index contributed by atoms with van der Waals surface area (Å²) in [6.45, 7) is 2.31. The Morgan fingerprint density at radius 1 is 1.36 bits per heavy atom. The number of carbonyl (C=O) groups excluding carboxylic acids is 1. The summed E-state index contributed by atoms with van der Waals surface area (Å²) in [5.74, 6) is 0.644. The van der Waals surface area contributed by atoms with Crippen LogP contribution in [-0.2, 0) is 4.79 Å². The Morgan fingerprint density at radius 3 is 2.73 bits per heavy atom. The van der Waals surface area contributed by atoms with Gasteiger partial charge in [-0.2, -0.15) is 0 Å². The lowest BCUT2D eigenvalue weighted by Gasteiger charge is -2.22. The summed E-state index contributed by atoms with van der Waals surface area (Å²) in [6.07, 6.45) is 2.99. The maximum atomic E-state index is 11.8. The van der Waals surface area contributed by atoms with Gasteiger partial charge in [-0.3, -0.25) is 4.79 Å². The van der Waals surface area contributed by atoms with Crippen molar-refractivity contribution >= 4 is 29.9 Å². The molecule has 0 saturated carbocycles. The number of nitrogens with one attached hydrogen (secondary N) is 2. The molecule has 0 spiro atoms. The van der Waals surface area contributed by atoms with Gasteiger partial charge in [0.05, 0.1) is 6.10 Å². The van der Waals surface area contributed by atoms with Crippen LogP contribution in [0.2, 0.25) is 5.02 Å². The van der Waals surface area contributed by atoms with Crippen LogP contribution in [-0.4, -0.2) is 30.6 Å². The molecule has 2 rings (SSSR count). The maximum Gasteiger partial charge on any atom is 0.220 e. The third-order valence-corrected chi connectivity index (χ3v) is 4.34. The number of rotatable bonds is 6. The first-order chi connectivity index (χ1) is 10.2. The number of aliphatic hydroxyl groups is 1. The van der Waals surface area contributed by atoms with Gasteiger partial charge in [0, 0.05) is 23.6 Å². The summed E-state index contributed by atoms with van der Waals surface area (Å²) in [7, 11) is 0. The first kappa shape index (κ1) is 19.2. The molecule has 0 bridgehead atoms. The Hall–Kier alpha value is -0.810. The molecule has 1 unspecified atom stereocenters. The standard InChI is InChI=1S/C16H23ClN2O2.ClH/c17-14-4-2-1-3-13(14)15(20)11-19-16(21)6-5-12-7-9-18-10-8-12;/h1-4,12,15,18,20H,5-11H2,(H,19,21);1H. The second-order valence-corrected chi connectivity index (χ2v) is 5.98. The average Bonchev–Trinajstić information content (AvgIpc) is 2.52. The molecule has 4 nitrogen and oxygen atoms in total. The molecule has 124 valence electrons. The molecule has 1 fully saturated rings. The summed E-state index contributed by atoms with van der Waals surface area (Å²) in [6, 6.07) is 7.15. The van der Waals surface area contributed by atoms with E-state index in [0.717, 1.165) is 32.4 Å². The number of amides is 1. The highest BCUT2D eigenvalue weighted by molar-refractivity contribution is 6.31. The van der Waals surface area contributed by atoms with E-state index < -0.39 is 6.10 Å². The molecule has 0 aliphatic carbocycles. The van der Waals surface area contributed by atoms with Crippen LogP contribution in [0, 0.1) is 5.92 Å². The Labute approximate surface area is 143 Å². The van der Waals surface area contributed by atoms with Gasteiger partial charge in [-0.15, -0.1) is 12.4 Å². The molecular formula is C16H24Cl2N2O2. The molecule has 1 aromatic carbocycles. The zero-order valence-corrected chi connectivity index (χ0v) is 14.1. The normalized spacial score (nSPS) is 16.6. The smallest absolute Gasteiger partial charge is 0.220 e. The van der Waals surface area contributed by atoms with Crippen LogP contribution in [0.5, 0.6) is 0 Å². The predicted octanol–water partition coefficient (Wildman–Crippen LogP) is 2.69. The van der Waals surface area contributed by atoms with Crippen LogP contribution in [0.3, 0.4) is 0 Å². The SMILES string of the molecule is Cl.O=C(CCC1CCNCC1)NCC(O)c1ccccc1Cl. The first-order valence-corrected chi connectivity index (χ1v) is 7.94. The molecule has 1 aromatic rings. The number of hydrogen-bond donors (Lipinski definition) is 3. The highest BCUT2D eigenvalue weighted by Gasteiger charge is 2.16. The van der Waals surface area contributed by atoms with E-state index in [1.165, 1.54) is 0 Å². The molecule has 1 amide bonds. The number of aliphatic hydroxyl groups excluding tert-OH is 1. The third kappa shape index (κ3) is 6.13. The molecule has 1 heterocycles. The molecular weight excluding hydrogens is 323 g/mol. The van der Waals surface area contributed by atoms with Crippen molar-refractivity contribution in [3.8, 4) is 0 Å². The van der Waals surface area contributed by atoms with Gasteiger partial charge >= 0.3 is 0 Å². The van der Waals surface area contributed by atoms with Crippen LogP contribution in [0.1, 0.15) is 37.4 Å². The first-order valence-electron chi connectivity index (χ1n) is 7.56. The van der Waals surface area contributed by atoms with Crippen molar-refractivity contribution in [2.75, 3.05) is 19.6 Å². The zero-order valence-electron chi connectivity index (χ0n) is 12.6. The molecule has 6 heteroatoms. The number of benzene rings is 1. The topological polar surface area (TPSA) is 61.4 Å². The Balaban J connectivity index is 0.00000242. The fourth-order valence-electron chi connectivity index (χ4n) is 2.66. The Kier molecular flexibility index (Phi) is 8.79. The van der Waals surface area contributed by atoms with Crippen LogP contribution >= 0.6 is 24.0 Å². The number of carbonyl (C=O) groups is 1. The average molecular weight is 347 g/mol. The number of piperidine rings is 1. The lowest BCUT2D eigenvalue weighted by atomic mass is 9.93. The second kappa shape index (κ2) is 10.1. The van der Waals surface area contributed by atoms with Gasteiger partial charge in [-0.25, -0.2) is 0 Å². The van der Waals surface area contributed by atoms with E-state index in [1.54, 1.807) is 12.1 Å². The van der Waals surface area contributed by atoms with Crippen molar-refractivity contribution in [1.82, 2.24) is 10.6 Å². The third-order valence-electron chi connectivity index (χ3n) is 4.00. The minimum atomic E-state index is -0.762. The van der Waals surface area contributed by atoms with Crippen molar-refractivity contribution in [2.45, 2.75) is 31.8 Å². The van der Waals surface area contributed by atoms with E-state index in [9.17, 15) is 9.90 Å².